The predicted molar refractivity (Wildman–Crippen MR) is 94.3 cm³/mol. The number of hydrogen-bond acceptors (Lipinski definition) is 4. The van der Waals surface area contributed by atoms with Gasteiger partial charge >= 0.3 is 5.97 Å². The van der Waals surface area contributed by atoms with Gasteiger partial charge in [-0.25, -0.2) is 0 Å². The van der Waals surface area contributed by atoms with Crippen LogP contribution in [-0.4, -0.2) is 31.6 Å². The van der Waals surface area contributed by atoms with Crippen LogP contribution in [0.2, 0.25) is 0 Å². The molecule has 1 aromatic rings. The van der Waals surface area contributed by atoms with Gasteiger partial charge in [-0.3, -0.25) is 9.59 Å². The number of carbonyl (C=O) groups excluding carboxylic acids is 2. The Morgan fingerprint density at radius 1 is 1.08 bits per heavy atom. The molecule has 0 spiro atoms. The first kappa shape index (κ1) is 20.0. The van der Waals surface area contributed by atoms with Crippen LogP contribution in [0.4, 0.5) is 0 Å². The Kier molecular flexibility index (Phi) is 9.58. The van der Waals surface area contributed by atoms with E-state index in [0.717, 1.165) is 12.8 Å². The van der Waals surface area contributed by atoms with Gasteiger partial charge in [0, 0.05) is 11.6 Å². The highest BCUT2D eigenvalue weighted by atomic mass is 16.5. The third-order valence-electron chi connectivity index (χ3n) is 3.71. The van der Waals surface area contributed by atoms with Crippen LogP contribution in [0.15, 0.2) is 24.3 Å². The molecule has 134 valence electrons. The number of rotatable bonds is 11. The largest absolute Gasteiger partial charge is 0.497 e. The summed E-state index contributed by atoms with van der Waals surface area (Å²) in [5.41, 5.74) is 0.534. The van der Waals surface area contributed by atoms with Crippen molar-refractivity contribution in [1.82, 2.24) is 5.32 Å². The van der Waals surface area contributed by atoms with Crippen molar-refractivity contribution in [2.24, 2.45) is 0 Å². The molecule has 1 atom stereocenters. The monoisotopic (exact) mass is 335 g/mol. The second-order valence-corrected chi connectivity index (χ2v) is 5.94. The summed E-state index contributed by atoms with van der Waals surface area (Å²) in [6, 6.07) is 6.57. The lowest BCUT2D eigenvalue weighted by molar-refractivity contribution is -0.144. The molecule has 1 unspecified atom stereocenters. The minimum atomic E-state index is -0.271. The second kappa shape index (κ2) is 11.5. The standard InChI is InChI=1S/C19H29NO4/c1-4-5-6-7-8-13-24-18(21)14-15(2)20-19(22)16-9-11-17(23-3)12-10-16/h9-12,15H,4-8,13-14H2,1-3H3,(H,20,22). The molecule has 0 saturated heterocycles. The van der Waals surface area contributed by atoms with Crippen LogP contribution in [0, 0.1) is 0 Å². The van der Waals surface area contributed by atoms with E-state index >= 15 is 0 Å². The fourth-order valence-electron chi connectivity index (χ4n) is 2.30. The third-order valence-corrected chi connectivity index (χ3v) is 3.71. The Hall–Kier alpha value is -2.04. The summed E-state index contributed by atoms with van der Waals surface area (Å²) < 4.78 is 10.3. The average molecular weight is 335 g/mol. The highest BCUT2D eigenvalue weighted by Crippen LogP contribution is 2.11. The van der Waals surface area contributed by atoms with Gasteiger partial charge < -0.3 is 14.8 Å². The van der Waals surface area contributed by atoms with Gasteiger partial charge in [0.25, 0.3) is 5.91 Å². The highest BCUT2D eigenvalue weighted by molar-refractivity contribution is 5.94. The van der Waals surface area contributed by atoms with Gasteiger partial charge in [-0.2, -0.15) is 0 Å². The van der Waals surface area contributed by atoms with Crippen LogP contribution in [-0.2, 0) is 9.53 Å². The topological polar surface area (TPSA) is 64.6 Å². The maximum Gasteiger partial charge on any atom is 0.307 e. The molecule has 0 fully saturated rings. The third kappa shape index (κ3) is 7.99. The van der Waals surface area contributed by atoms with Crippen molar-refractivity contribution in [3.05, 3.63) is 29.8 Å². The molecule has 24 heavy (non-hydrogen) atoms. The summed E-state index contributed by atoms with van der Waals surface area (Å²) in [5.74, 6) is 0.215. The Morgan fingerprint density at radius 3 is 2.38 bits per heavy atom. The Balaban J connectivity index is 2.25. The van der Waals surface area contributed by atoms with Crippen LogP contribution < -0.4 is 10.1 Å². The van der Waals surface area contributed by atoms with Crippen molar-refractivity contribution in [3.8, 4) is 5.75 Å². The molecular formula is C19H29NO4. The minimum absolute atomic E-state index is 0.177. The molecule has 1 aromatic carbocycles. The Labute approximate surface area is 144 Å². The van der Waals surface area contributed by atoms with Gasteiger partial charge in [0.15, 0.2) is 0 Å². The van der Waals surface area contributed by atoms with Crippen molar-refractivity contribution in [3.63, 3.8) is 0 Å². The fourth-order valence-corrected chi connectivity index (χ4v) is 2.30. The van der Waals surface area contributed by atoms with Gasteiger partial charge in [-0.1, -0.05) is 32.6 Å². The predicted octanol–water partition coefficient (Wildman–Crippen LogP) is 3.72. The van der Waals surface area contributed by atoms with E-state index in [4.69, 9.17) is 9.47 Å². The van der Waals surface area contributed by atoms with Gasteiger partial charge in [-0.05, 0) is 37.6 Å². The summed E-state index contributed by atoms with van der Waals surface area (Å²) in [4.78, 5) is 23.8. The van der Waals surface area contributed by atoms with E-state index in [1.54, 1.807) is 38.3 Å². The van der Waals surface area contributed by atoms with Crippen LogP contribution >= 0.6 is 0 Å². The molecule has 0 aliphatic carbocycles. The van der Waals surface area contributed by atoms with Crippen molar-refractivity contribution in [1.29, 1.82) is 0 Å². The summed E-state index contributed by atoms with van der Waals surface area (Å²) in [6.45, 7) is 4.42. The normalized spacial score (nSPS) is 11.6. The molecule has 0 aliphatic rings. The number of methoxy groups -OCH3 is 1. The average Bonchev–Trinajstić information content (AvgIpc) is 2.57. The molecule has 0 aliphatic heterocycles. The van der Waals surface area contributed by atoms with E-state index in [-0.39, 0.29) is 24.3 Å². The number of amides is 1. The maximum absolute atomic E-state index is 12.1. The zero-order valence-corrected chi connectivity index (χ0v) is 15.0. The second-order valence-electron chi connectivity index (χ2n) is 5.94. The summed E-state index contributed by atoms with van der Waals surface area (Å²) in [6.07, 6.45) is 5.77. The van der Waals surface area contributed by atoms with E-state index in [9.17, 15) is 9.59 Å². The number of carbonyl (C=O) groups is 2. The lowest BCUT2D eigenvalue weighted by Crippen LogP contribution is -2.34. The zero-order valence-electron chi connectivity index (χ0n) is 15.0. The molecule has 1 rings (SSSR count). The number of ether oxygens (including phenoxy) is 2. The highest BCUT2D eigenvalue weighted by Gasteiger charge is 2.14. The molecule has 1 N–H and O–H groups in total. The Morgan fingerprint density at radius 2 is 1.75 bits per heavy atom. The van der Waals surface area contributed by atoms with Crippen LogP contribution in [0.1, 0.15) is 62.7 Å². The first-order valence-corrected chi connectivity index (χ1v) is 8.67. The lowest BCUT2D eigenvalue weighted by atomic mass is 10.1. The summed E-state index contributed by atoms with van der Waals surface area (Å²) >= 11 is 0. The van der Waals surface area contributed by atoms with Crippen molar-refractivity contribution in [2.45, 2.75) is 58.4 Å². The van der Waals surface area contributed by atoms with Gasteiger partial charge in [0.05, 0.1) is 20.1 Å². The lowest BCUT2D eigenvalue weighted by Gasteiger charge is -2.13. The van der Waals surface area contributed by atoms with E-state index < -0.39 is 0 Å². The van der Waals surface area contributed by atoms with E-state index in [2.05, 4.69) is 12.2 Å². The molecule has 0 bridgehead atoms. The minimum Gasteiger partial charge on any atom is -0.497 e. The smallest absolute Gasteiger partial charge is 0.307 e. The number of benzene rings is 1. The molecular weight excluding hydrogens is 306 g/mol. The number of nitrogens with one attached hydrogen (secondary N) is 1. The van der Waals surface area contributed by atoms with Crippen LogP contribution in [0.3, 0.4) is 0 Å². The number of esters is 1. The van der Waals surface area contributed by atoms with Crippen molar-refractivity contribution < 1.29 is 19.1 Å². The van der Waals surface area contributed by atoms with Gasteiger partial charge in [-0.15, -0.1) is 0 Å². The van der Waals surface area contributed by atoms with Crippen LogP contribution in [0.5, 0.6) is 5.75 Å². The van der Waals surface area contributed by atoms with E-state index in [1.807, 2.05) is 0 Å². The molecule has 1 amide bonds. The van der Waals surface area contributed by atoms with Crippen LogP contribution in [0.25, 0.3) is 0 Å². The first-order valence-electron chi connectivity index (χ1n) is 8.67. The molecule has 0 saturated carbocycles. The molecule has 5 nitrogen and oxygen atoms in total. The summed E-state index contributed by atoms with van der Waals surface area (Å²) in [5, 5.41) is 2.80. The fraction of sp³-hybridized carbons (Fsp3) is 0.579. The zero-order chi connectivity index (χ0) is 17.8. The number of hydrogen-bond donors (Lipinski definition) is 1. The van der Waals surface area contributed by atoms with E-state index in [1.165, 1.54) is 19.3 Å². The molecule has 5 heteroatoms. The van der Waals surface area contributed by atoms with Gasteiger partial charge in [0.2, 0.25) is 0 Å². The first-order chi connectivity index (χ1) is 11.6. The molecule has 0 aromatic heterocycles. The molecule has 0 heterocycles. The quantitative estimate of drug-likeness (QED) is 0.494. The van der Waals surface area contributed by atoms with E-state index in [0.29, 0.717) is 17.9 Å². The van der Waals surface area contributed by atoms with Gasteiger partial charge in [0.1, 0.15) is 5.75 Å². The van der Waals surface area contributed by atoms with Crippen molar-refractivity contribution >= 4 is 11.9 Å². The summed E-state index contributed by atoms with van der Waals surface area (Å²) in [7, 11) is 1.58. The maximum atomic E-state index is 12.1. The molecule has 0 radical (unpaired) electrons. The van der Waals surface area contributed by atoms with Crippen molar-refractivity contribution in [2.75, 3.05) is 13.7 Å². The number of unbranched alkanes of at least 4 members (excludes halogenated alkanes) is 4. The Bertz CT molecular complexity index is 499. The SMILES string of the molecule is CCCCCCCOC(=O)CC(C)NC(=O)c1ccc(OC)cc1.